The van der Waals surface area contributed by atoms with E-state index in [1.807, 2.05) is 49.4 Å². The van der Waals surface area contributed by atoms with Gasteiger partial charge in [0.2, 0.25) is 5.91 Å². The quantitative estimate of drug-likeness (QED) is 0.674. The lowest BCUT2D eigenvalue weighted by Gasteiger charge is -2.23. The van der Waals surface area contributed by atoms with Crippen molar-refractivity contribution in [2.75, 3.05) is 12.4 Å². The molecule has 0 radical (unpaired) electrons. The zero-order valence-electron chi connectivity index (χ0n) is 13.7. The molecule has 3 aromatic rings. The SMILES string of the molecule is CC(Nc1ccc2[nH]c(=O)[nH]c2c1)C(=O)N(C)Cc1ccccc1. The number of aromatic amines is 2. The Morgan fingerprint density at radius 2 is 1.83 bits per heavy atom. The highest BCUT2D eigenvalue weighted by Gasteiger charge is 2.17. The summed E-state index contributed by atoms with van der Waals surface area (Å²) < 4.78 is 0. The summed E-state index contributed by atoms with van der Waals surface area (Å²) in [5.41, 5.74) is 3.08. The normalized spacial score (nSPS) is 12.1. The minimum atomic E-state index is -0.373. The van der Waals surface area contributed by atoms with Gasteiger partial charge in [0, 0.05) is 19.3 Å². The highest BCUT2D eigenvalue weighted by atomic mass is 16.2. The van der Waals surface area contributed by atoms with Crippen molar-refractivity contribution >= 4 is 22.6 Å². The Kier molecular flexibility index (Phi) is 4.37. The monoisotopic (exact) mass is 324 g/mol. The minimum absolute atomic E-state index is 0.00140. The van der Waals surface area contributed by atoms with E-state index in [0.717, 1.165) is 16.8 Å². The molecular weight excluding hydrogens is 304 g/mol. The number of carbonyl (C=O) groups excluding carboxylic acids is 1. The van der Waals surface area contributed by atoms with Crippen LogP contribution in [0, 0.1) is 0 Å². The molecule has 0 saturated heterocycles. The Balaban J connectivity index is 1.67. The summed E-state index contributed by atoms with van der Waals surface area (Å²) in [5.74, 6) is 0.00140. The van der Waals surface area contributed by atoms with Gasteiger partial charge in [0.05, 0.1) is 11.0 Å². The van der Waals surface area contributed by atoms with Crippen LogP contribution in [0.4, 0.5) is 5.69 Å². The summed E-state index contributed by atoms with van der Waals surface area (Å²) >= 11 is 0. The molecule has 2 aromatic carbocycles. The molecule has 1 amide bonds. The fourth-order valence-corrected chi connectivity index (χ4v) is 2.70. The van der Waals surface area contributed by atoms with Crippen LogP contribution in [0.25, 0.3) is 11.0 Å². The fraction of sp³-hybridized carbons (Fsp3) is 0.222. The maximum atomic E-state index is 12.5. The molecule has 3 N–H and O–H groups in total. The van der Waals surface area contributed by atoms with E-state index in [2.05, 4.69) is 15.3 Å². The van der Waals surface area contributed by atoms with Gasteiger partial charge in [-0.25, -0.2) is 4.79 Å². The Labute approximate surface area is 139 Å². The van der Waals surface area contributed by atoms with Crippen molar-refractivity contribution < 1.29 is 4.79 Å². The topological polar surface area (TPSA) is 81.0 Å². The standard InChI is InChI=1S/C18H20N4O2/c1-12(17(23)22(2)11-13-6-4-3-5-7-13)19-14-8-9-15-16(10-14)21-18(24)20-15/h3-10,12,19H,11H2,1-2H3,(H2,20,21,24). The zero-order chi connectivity index (χ0) is 17.1. The maximum Gasteiger partial charge on any atom is 0.323 e. The number of nitrogens with one attached hydrogen (secondary N) is 3. The van der Waals surface area contributed by atoms with Gasteiger partial charge in [-0.1, -0.05) is 30.3 Å². The van der Waals surface area contributed by atoms with Crippen LogP contribution in [0.3, 0.4) is 0 Å². The van der Waals surface area contributed by atoms with E-state index in [9.17, 15) is 9.59 Å². The van der Waals surface area contributed by atoms with E-state index >= 15 is 0 Å². The van der Waals surface area contributed by atoms with Crippen LogP contribution in [0.5, 0.6) is 0 Å². The Morgan fingerprint density at radius 1 is 1.12 bits per heavy atom. The first-order chi connectivity index (χ1) is 11.5. The molecular formula is C18H20N4O2. The van der Waals surface area contributed by atoms with Crippen LogP contribution in [-0.4, -0.2) is 33.9 Å². The van der Waals surface area contributed by atoms with Gasteiger partial charge in [-0.15, -0.1) is 0 Å². The van der Waals surface area contributed by atoms with Crippen LogP contribution in [0.1, 0.15) is 12.5 Å². The number of amides is 1. The van der Waals surface area contributed by atoms with Gasteiger partial charge >= 0.3 is 5.69 Å². The second-order valence-corrected chi connectivity index (χ2v) is 5.89. The van der Waals surface area contributed by atoms with Gasteiger partial charge in [-0.2, -0.15) is 0 Å². The molecule has 0 fully saturated rings. The molecule has 6 nitrogen and oxygen atoms in total. The highest BCUT2D eigenvalue weighted by molar-refractivity contribution is 5.85. The molecule has 6 heteroatoms. The van der Waals surface area contributed by atoms with Crippen LogP contribution < -0.4 is 11.0 Å². The number of rotatable bonds is 5. The first-order valence-electron chi connectivity index (χ1n) is 7.80. The van der Waals surface area contributed by atoms with Crippen molar-refractivity contribution in [2.24, 2.45) is 0 Å². The fourth-order valence-electron chi connectivity index (χ4n) is 2.70. The van der Waals surface area contributed by atoms with Crippen molar-refractivity contribution in [1.29, 1.82) is 0 Å². The molecule has 124 valence electrons. The van der Waals surface area contributed by atoms with Crippen molar-refractivity contribution in [3.63, 3.8) is 0 Å². The van der Waals surface area contributed by atoms with E-state index in [-0.39, 0.29) is 17.6 Å². The van der Waals surface area contributed by atoms with Crippen LogP contribution >= 0.6 is 0 Å². The van der Waals surface area contributed by atoms with Crippen LogP contribution in [0.15, 0.2) is 53.3 Å². The number of nitrogens with zero attached hydrogens (tertiary/aromatic N) is 1. The number of imidazole rings is 1. The second kappa shape index (κ2) is 6.62. The summed E-state index contributed by atoms with van der Waals surface area (Å²) in [6.07, 6.45) is 0. The molecule has 1 unspecified atom stereocenters. The number of H-pyrrole nitrogens is 2. The number of hydrogen-bond acceptors (Lipinski definition) is 3. The van der Waals surface area contributed by atoms with E-state index in [0.29, 0.717) is 12.1 Å². The number of benzene rings is 2. The van der Waals surface area contributed by atoms with E-state index in [1.165, 1.54) is 0 Å². The number of aromatic nitrogens is 2. The predicted octanol–water partition coefficient (Wildman–Crippen LogP) is 2.32. The van der Waals surface area contributed by atoms with Crippen molar-refractivity contribution in [1.82, 2.24) is 14.9 Å². The van der Waals surface area contributed by atoms with Gasteiger partial charge in [-0.3, -0.25) is 4.79 Å². The molecule has 1 heterocycles. The molecule has 1 aromatic heterocycles. The number of anilines is 1. The van der Waals surface area contributed by atoms with Crippen molar-refractivity contribution in [3.05, 3.63) is 64.6 Å². The third-order valence-corrected chi connectivity index (χ3v) is 3.91. The molecule has 0 aliphatic rings. The third kappa shape index (κ3) is 3.48. The van der Waals surface area contributed by atoms with Crippen LogP contribution in [0.2, 0.25) is 0 Å². The van der Waals surface area contributed by atoms with Gasteiger partial charge in [0.1, 0.15) is 6.04 Å². The third-order valence-electron chi connectivity index (χ3n) is 3.91. The number of likely N-dealkylation sites (N-methyl/N-ethyl adjacent to an activating group) is 1. The lowest BCUT2D eigenvalue weighted by molar-refractivity contribution is -0.130. The average Bonchev–Trinajstić information content (AvgIpc) is 2.94. The molecule has 0 aliphatic heterocycles. The zero-order valence-corrected chi connectivity index (χ0v) is 13.7. The first kappa shape index (κ1) is 15.9. The molecule has 3 rings (SSSR count). The average molecular weight is 324 g/mol. The maximum absolute atomic E-state index is 12.5. The van der Waals surface area contributed by atoms with Gasteiger partial charge in [0.15, 0.2) is 0 Å². The largest absolute Gasteiger partial charge is 0.374 e. The molecule has 0 aliphatic carbocycles. The second-order valence-electron chi connectivity index (χ2n) is 5.89. The van der Waals surface area contributed by atoms with E-state index < -0.39 is 0 Å². The molecule has 1 atom stereocenters. The first-order valence-corrected chi connectivity index (χ1v) is 7.80. The highest BCUT2D eigenvalue weighted by Crippen LogP contribution is 2.16. The summed E-state index contributed by atoms with van der Waals surface area (Å²) in [6, 6.07) is 15.0. The lowest BCUT2D eigenvalue weighted by Crippen LogP contribution is -2.38. The summed E-state index contributed by atoms with van der Waals surface area (Å²) in [5, 5.41) is 3.18. The minimum Gasteiger partial charge on any atom is -0.374 e. The van der Waals surface area contributed by atoms with E-state index in [1.54, 1.807) is 18.0 Å². The summed E-state index contributed by atoms with van der Waals surface area (Å²) in [7, 11) is 1.79. The molecule has 0 bridgehead atoms. The molecule has 0 spiro atoms. The summed E-state index contributed by atoms with van der Waals surface area (Å²) in [6.45, 7) is 2.39. The molecule has 0 saturated carbocycles. The van der Waals surface area contributed by atoms with E-state index in [4.69, 9.17) is 0 Å². The van der Waals surface area contributed by atoms with Gasteiger partial charge < -0.3 is 20.2 Å². The number of hydrogen-bond donors (Lipinski definition) is 3. The summed E-state index contributed by atoms with van der Waals surface area (Å²) in [4.78, 5) is 30.9. The van der Waals surface area contributed by atoms with Crippen LogP contribution in [-0.2, 0) is 11.3 Å². The van der Waals surface area contributed by atoms with Gasteiger partial charge in [-0.05, 0) is 30.7 Å². The van der Waals surface area contributed by atoms with Crippen molar-refractivity contribution in [3.8, 4) is 0 Å². The van der Waals surface area contributed by atoms with Gasteiger partial charge in [0.25, 0.3) is 0 Å². The Morgan fingerprint density at radius 3 is 2.58 bits per heavy atom. The van der Waals surface area contributed by atoms with Crippen molar-refractivity contribution in [2.45, 2.75) is 19.5 Å². The Hall–Kier alpha value is -3.02. The predicted molar refractivity (Wildman–Crippen MR) is 94.9 cm³/mol. The lowest BCUT2D eigenvalue weighted by atomic mass is 10.2. The molecule has 24 heavy (non-hydrogen) atoms. The smallest absolute Gasteiger partial charge is 0.323 e. The Bertz CT molecular complexity index is 898. The number of fused-ring (bicyclic) bond motifs is 1. The number of carbonyl (C=O) groups is 1.